The number of benzene rings is 1. The van der Waals surface area contributed by atoms with Gasteiger partial charge in [0.1, 0.15) is 5.82 Å². The molecule has 2 atom stereocenters. The monoisotopic (exact) mass is 468 g/mol. The minimum absolute atomic E-state index is 0.102. The molecular formula is C24H32N6O4. The highest BCUT2D eigenvalue weighted by molar-refractivity contribution is 5.89. The van der Waals surface area contributed by atoms with Gasteiger partial charge < -0.3 is 25.0 Å². The number of carbonyl (C=O) groups is 2. The summed E-state index contributed by atoms with van der Waals surface area (Å²) in [6.07, 6.45) is 0.478. The lowest BCUT2D eigenvalue weighted by atomic mass is 10.1. The lowest BCUT2D eigenvalue weighted by molar-refractivity contribution is 0.0983. The Morgan fingerprint density at radius 3 is 2.68 bits per heavy atom. The maximum atomic E-state index is 12.2. The van der Waals surface area contributed by atoms with E-state index in [0.29, 0.717) is 37.8 Å². The normalized spacial score (nSPS) is 18.3. The second kappa shape index (κ2) is 10.3. The molecule has 2 aliphatic rings. The number of anilines is 2. The number of urea groups is 1. The fourth-order valence-corrected chi connectivity index (χ4v) is 4.10. The number of morpholine rings is 1. The van der Waals surface area contributed by atoms with Gasteiger partial charge in [0.25, 0.3) is 0 Å². The molecule has 1 aromatic carbocycles. The highest BCUT2D eigenvalue weighted by Gasteiger charge is 2.33. The molecule has 1 aromatic heterocycles. The zero-order chi connectivity index (χ0) is 24.2. The third kappa shape index (κ3) is 5.06. The Hall–Kier alpha value is -3.40. The first-order chi connectivity index (χ1) is 16.4. The van der Waals surface area contributed by atoms with Gasteiger partial charge in [-0.25, -0.2) is 19.6 Å². The van der Waals surface area contributed by atoms with Gasteiger partial charge in [0.15, 0.2) is 5.82 Å². The average molecular weight is 469 g/mol. The van der Waals surface area contributed by atoms with Crippen LogP contribution in [0.1, 0.15) is 38.4 Å². The summed E-state index contributed by atoms with van der Waals surface area (Å²) in [5.74, 6) is 1.41. The Balaban J connectivity index is 1.62. The Bertz CT molecular complexity index is 1040. The molecule has 0 saturated carbocycles. The number of carbonyl (C=O) groups excluding carboxylic acids is 2. The molecule has 2 aromatic rings. The van der Waals surface area contributed by atoms with E-state index in [1.807, 2.05) is 38.1 Å². The summed E-state index contributed by atoms with van der Waals surface area (Å²) in [6.45, 7) is 8.83. The number of hydrogen-bond acceptors (Lipinski definition) is 7. The minimum Gasteiger partial charge on any atom is -0.453 e. The van der Waals surface area contributed by atoms with Gasteiger partial charge in [-0.05, 0) is 44.5 Å². The lowest BCUT2D eigenvalue weighted by Gasteiger charge is -2.35. The summed E-state index contributed by atoms with van der Waals surface area (Å²) in [7, 11) is 1.38. The smallest absolute Gasteiger partial charge is 0.410 e. The van der Waals surface area contributed by atoms with Crippen LogP contribution in [0.3, 0.4) is 0 Å². The predicted octanol–water partition coefficient (Wildman–Crippen LogP) is 3.37. The zero-order valence-electron chi connectivity index (χ0n) is 20.1. The third-order valence-corrected chi connectivity index (χ3v) is 6.22. The maximum Gasteiger partial charge on any atom is 0.410 e. The van der Waals surface area contributed by atoms with Gasteiger partial charge in [0.2, 0.25) is 0 Å². The van der Waals surface area contributed by atoms with Crippen LogP contribution in [0.2, 0.25) is 0 Å². The highest BCUT2D eigenvalue weighted by atomic mass is 16.5. The number of nitrogens with one attached hydrogen (secondary N) is 2. The summed E-state index contributed by atoms with van der Waals surface area (Å²) < 4.78 is 10.5. The maximum absolute atomic E-state index is 12.2. The van der Waals surface area contributed by atoms with Crippen molar-refractivity contribution in [3.05, 3.63) is 35.5 Å². The molecule has 10 heteroatoms. The lowest BCUT2D eigenvalue weighted by Crippen LogP contribution is -2.44. The molecule has 0 aliphatic carbocycles. The Morgan fingerprint density at radius 2 is 2.00 bits per heavy atom. The van der Waals surface area contributed by atoms with Crippen LogP contribution in [0.5, 0.6) is 0 Å². The Kier molecular flexibility index (Phi) is 7.16. The summed E-state index contributed by atoms with van der Waals surface area (Å²) in [4.78, 5) is 37.9. The van der Waals surface area contributed by atoms with E-state index in [0.717, 1.165) is 35.6 Å². The molecule has 1 fully saturated rings. The molecule has 0 bridgehead atoms. The first-order valence-corrected chi connectivity index (χ1v) is 11.6. The van der Waals surface area contributed by atoms with E-state index in [2.05, 4.69) is 22.5 Å². The van der Waals surface area contributed by atoms with E-state index in [1.54, 1.807) is 4.90 Å². The summed E-state index contributed by atoms with van der Waals surface area (Å²) in [5, 5.41) is 5.74. The van der Waals surface area contributed by atoms with Crippen molar-refractivity contribution in [2.24, 2.45) is 0 Å². The molecule has 2 aliphatic heterocycles. The van der Waals surface area contributed by atoms with Gasteiger partial charge in [-0.2, -0.15) is 0 Å². The predicted molar refractivity (Wildman–Crippen MR) is 129 cm³/mol. The molecule has 34 heavy (non-hydrogen) atoms. The Morgan fingerprint density at radius 1 is 1.24 bits per heavy atom. The minimum atomic E-state index is -0.383. The molecule has 4 rings (SSSR count). The van der Waals surface area contributed by atoms with E-state index < -0.39 is 0 Å². The molecule has 1 unspecified atom stereocenters. The number of nitrogens with zero attached hydrogens (tertiary/aromatic N) is 4. The van der Waals surface area contributed by atoms with Crippen molar-refractivity contribution < 1.29 is 19.1 Å². The molecule has 0 radical (unpaired) electrons. The number of rotatable bonds is 5. The number of amides is 3. The second-order valence-electron chi connectivity index (χ2n) is 8.72. The van der Waals surface area contributed by atoms with Crippen LogP contribution in [-0.4, -0.2) is 65.9 Å². The largest absolute Gasteiger partial charge is 0.453 e. The van der Waals surface area contributed by atoms with Crippen LogP contribution in [0.25, 0.3) is 11.4 Å². The average Bonchev–Trinajstić information content (AvgIpc) is 3.28. The molecule has 1 saturated heterocycles. The van der Waals surface area contributed by atoms with Gasteiger partial charge in [0.05, 0.1) is 45.1 Å². The molecule has 2 N–H and O–H groups in total. The summed E-state index contributed by atoms with van der Waals surface area (Å²) in [5.41, 5.74) is 3.28. The van der Waals surface area contributed by atoms with Crippen molar-refractivity contribution in [1.29, 1.82) is 0 Å². The van der Waals surface area contributed by atoms with E-state index in [1.165, 1.54) is 7.11 Å². The van der Waals surface area contributed by atoms with Crippen LogP contribution in [0, 0.1) is 0 Å². The molecule has 10 nitrogen and oxygen atoms in total. The molecule has 3 heterocycles. The first kappa shape index (κ1) is 23.7. The zero-order valence-corrected chi connectivity index (χ0v) is 20.1. The van der Waals surface area contributed by atoms with Crippen molar-refractivity contribution in [3.8, 4) is 11.4 Å². The fourth-order valence-electron chi connectivity index (χ4n) is 4.10. The fraction of sp³-hybridized carbons (Fsp3) is 0.500. The van der Waals surface area contributed by atoms with E-state index in [9.17, 15) is 9.59 Å². The van der Waals surface area contributed by atoms with Gasteiger partial charge in [0, 0.05) is 29.4 Å². The van der Waals surface area contributed by atoms with Gasteiger partial charge in [-0.1, -0.05) is 6.92 Å². The second-order valence-corrected chi connectivity index (χ2v) is 8.72. The standard InChI is InChI=1S/C24H32N6O4/c1-5-15(2)25-23(31)26-18-8-6-17(7-9-18)21-27-20-13-29(24(32)33-4)12-19(20)22(28-21)30-10-11-34-14-16(30)3/h6-9,15-16H,5,10-14H2,1-4H3,(H2,25,26,31)/t15?,16-/m0/s1. The van der Waals surface area contributed by atoms with Crippen LogP contribution < -0.4 is 15.5 Å². The van der Waals surface area contributed by atoms with Gasteiger partial charge >= 0.3 is 12.1 Å². The number of ether oxygens (including phenoxy) is 2. The van der Waals surface area contributed by atoms with Crippen molar-refractivity contribution in [2.75, 3.05) is 37.1 Å². The van der Waals surface area contributed by atoms with Crippen molar-refractivity contribution in [1.82, 2.24) is 20.2 Å². The quantitative estimate of drug-likeness (QED) is 0.692. The highest BCUT2D eigenvalue weighted by Crippen LogP contribution is 2.33. The summed E-state index contributed by atoms with van der Waals surface area (Å²) >= 11 is 0. The number of fused-ring (bicyclic) bond motifs is 1. The van der Waals surface area contributed by atoms with Crippen LogP contribution >= 0.6 is 0 Å². The Labute approximate surface area is 199 Å². The van der Waals surface area contributed by atoms with Crippen LogP contribution in [-0.2, 0) is 22.6 Å². The van der Waals surface area contributed by atoms with Crippen molar-refractivity contribution in [2.45, 2.75) is 52.4 Å². The molecule has 3 amide bonds. The first-order valence-electron chi connectivity index (χ1n) is 11.6. The van der Waals surface area contributed by atoms with E-state index in [4.69, 9.17) is 19.4 Å². The summed E-state index contributed by atoms with van der Waals surface area (Å²) in [6, 6.07) is 7.47. The third-order valence-electron chi connectivity index (χ3n) is 6.22. The van der Waals surface area contributed by atoms with E-state index >= 15 is 0 Å². The van der Waals surface area contributed by atoms with Gasteiger partial charge in [-0.3, -0.25) is 4.90 Å². The number of hydrogen-bond donors (Lipinski definition) is 2. The number of aromatic nitrogens is 2. The SMILES string of the molecule is CCC(C)NC(=O)Nc1ccc(-c2nc3c(c(N4CCOC[C@@H]4C)n2)CN(C(=O)OC)C3)cc1. The number of methoxy groups -OCH3 is 1. The topological polar surface area (TPSA) is 109 Å². The van der Waals surface area contributed by atoms with Crippen LogP contribution in [0.15, 0.2) is 24.3 Å². The molecule has 0 spiro atoms. The van der Waals surface area contributed by atoms with Crippen molar-refractivity contribution >= 4 is 23.6 Å². The van der Waals surface area contributed by atoms with Crippen molar-refractivity contribution in [3.63, 3.8) is 0 Å². The molecule has 182 valence electrons. The van der Waals surface area contributed by atoms with Gasteiger partial charge in [-0.15, -0.1) is 0 Å². The van der Waals surface area contributed by atoms with Crippen LogP contribution in [0.4, 0.5) is 21.1 Å². The van der Waals surface area contributed by atoms with E-state index in [-0.39, 0.29) is 24.2 Å². The molecular weight excluding hydrogens is 436 g/mol.